The molecule has 220 valence electrons. The molecule has 4 N–H and O–H groups in total. The van der Waals surface area contributed by atoms with Gasteiger partial charge in [-0.25, -0.2) is 4.98 Å². The summed E-state index contributed by atoms with van der Waals surface area (Å²) in [7, 11) is 0. The van der Waals surface area contributed by atoms with E-state index in [1.54, 1.807) is 30.5 Å². The second-order valence-electron chi connectivity index (χ2n) is 11.1. The molecule has 2 aromatic carbocycles. The first-order valence-electron chi connectivity index (χ1n) is 14.3. The van der Waals surface area contributed by atoms with Crippen molar-refractivity contribution in [2.75, 3.05) is 11.9 Å². The molecule has 2 aliphatic heterocycles. The van der Waals surface area contributed by atoms with Crippen LogP contribution in [0.5, 0.6) is 0 Å². The topological polar surface area (TPSA) is 157 Å². The van der Waals surface area contributed by atoms with Crippen molar-refractivity contribution in [3.05, 3.63) is 70.6 Å². The molecule has 0 bridgehead atoms. The number of halogens is 1. The van der Waals surface area contributed by atoms with Crippen LogP contribution < -0.4 is 16.0 Å². The van der Waals surface area contributed by atoms with Gasteiger partial charge in [0, 0.05) is 42.7 Å². The third kappa shape index (κ3) is 5.72. The predicted octanol–water partition coefficient (Wildman–Crippen LogP) is 3.94. The number of anilines is 1. The molecule has 43 heavy (non-hydrogen) atoms. The Kier molecular flexibility index (Phi) is 7.90. The molecule has 0 radical (unpaired) electrons. The first kappa shape index (κ1) is 28.5. The van der Waals surface area contributed by atoms with Gasteiger partial charge in [-0.15, -0.1) is 0 Å². The molecule has 2 fully saturated rings. The maximum Gasteiger partial charge on any atom is 0.262 e. The molecule has 4 amide bonds. The first-order valence-corrected chi connectivity index (χ1v) is 14.7. The van der Waals surface area contributed by atoms with E-state index in [0.29, 0.717) is 39.3 Å². The number of carbonyl (C=O) groups is 4. The molecule has 11 nitrogen and oxygen atoms in total. The van der Waals surface area contributed by atoms with Crippen LogP contribution in [0.15, 0.2) is 48.8 Å². The number of nitrogens with one attached hydrogen (secondary N) is 4. The number of rotatable bonds is 10. The fraction of sp³-hybridized carbons (Fsp3) is 0.323. The predicted molar refractivity (Wildman–Crippen MR) is 162 cm³/mol. The Bertz CT molecular complexity index is 1680. The number of piperidine rings is 1. The van der Waals surface area contributed by atoms with E-state index >= 15 is 0 Å². The molecular formula is C31H30ClN7O4. The van der Waals surface area contributed by atoms with Gasteiger partial charge in [-0.1, -0.05) is 17.7 Å². The maximum atomic E-state index is 13.0. The van der Waals surface area contributed by atoms with Crippen molar-refractivity contribution in [3.8, 4) is 0 Å². The normalized spacial score (nSPS) is 21.8. The van der Waals surface area contributed by atoms with Crippen molar-refractivity contribution in [2.45, 2.75) is 50.6 Å². The van der Waals surface area contributed by atoms with Gasteiger partial charge in [-0.3, -0.25) is 34.4 Å². The van der Waals surface area contributed by atoms with Crippen molar-refractivity contribution < 1.29 is 19.2 Å². The number of nitrogens with zero attached hydrogens (tertiary/aromatic N) is 3. The Balaban J connectivity index is 0.955. The first-order chi connectivity index (χ1) is 20.8. The summed E-state index contributed by atoms with van der Waals surface area (Å²) in [6.45, 7) is 0.717. The molecule has 1 atom stereocenters. The summed E-state index contributed by atoms with van der Waals surface area (Å²) in [4.78, 5) is 59.6. The van der Waals surface area contributed by atoms with Crippen LogP contribution in [0.1, 0.15) is 64.9 Å². The molecule has 1 aliphatic carbocycles. The summed E-state index contributed by atoms with van der Waals surface area (Å²) in [5.41, 5.74) is 3.86. The number of carbonyl (C=O) groups excluding carboxylic acids is 4. The van der Waals surface area contributed by atoms with Gasteiger partial charge in [0.2, 0.25) is 11.8 Å². The second-order valence-corrected chi connectivity index (χ2v) is 11.5. The van der Waals surface area contributed by atoms with Crippen molar-refractivity contribution in [2.24, 2.45) is 5.92 Å². The Morgan fingerprint density at radius 1 is 1.12 bits per heavy atom. The molecule has 1 aromatic heterocycles. The number of fused-ring (bicyclic) bond motifs is 2. The highest BCUT2D eigenvalue weighted by Crippen LogP contribution is 2.32. The summed E-state index contributed by atoms with van der Waals surface area (Å²) in [6.07, 6.45) is 9.02. The van der Waals surface area contributed by atoms with Crippen LogP contribution in [0, 0.1) is 11.3 Å². The van der Waals surface area contributed by atoms with Crippen molar-refractivity contribution in [3.63, 3.8) is 0 Å². The zero-order valence-electron chi connectivity index (χ0n) is 23.2. The van der Waals surface area contributed by atoms with E-state index in [1.165, 1.54) is 6.21 Å². The van der Waals surface area contributed by atoms with E-state index in [4.69, 9.17) is 17.0 Å². The number of allylic oxidation sites excluding steroid dienone is 1. The number of hydrogen-bond acceptors (Lipinski definition) is 9. The zero-order chi connectivity index (χ0) is 30.1. The Hall–Kier alpha value is -4.64. The quantitative estimate of drug-likeness (QED) is 0.155. The Morgan fingerprint density at radius 3 is 2.72 bits per heavy atom. The lowest BCUT2D eigenvalue weighted by atomic mass is 9.77. The summed E-state index contributed by atoms with van der Waals surface area (Å²) < 4.78 is 0. The van der Waals surface area contributed by atoms with Gasteiger partial charge in [0.15, 0.2) is 0 Å². The van der Waals surface area contributed by atoms with Crippen LogP contribution in [-0.4, -0.2) is 63.3 Å². The highest BCUT2D eigenvalue weighted by Gasteiger charge is 2.44. The molecule has 1 saturated heterocycles. The van der Waals surface area contributed by atoms with Gasteiger partial charge >= 0.3 is 0 Å². The van der Waals surface area contributed by atoms with Crippen molar-refractivity contribution in [1.82, 2.24) is 25.5 Å². The highest BCUT2D eigenvalue weighted by atomic mass is 35.5. The standard InChI is InChI=1S/C31H30ClN7O4/c32-23-4-1-5-24-28(23)36-16-25(37-24)18(14-33)15-35-20-11-17(12-20)3-2-10-34-19-6-7-21-22(13-19)31(43)39(30(21)42)26-8-9-27(40)38-29(26)41/h1,4-7,13-17,20,26,33-35H,2-3,8-12H2,(H,38,40,41)/b18-15+,33-14?. The molecule has 1 saturated carbocycles. The Labute approximate surface area is 252 Å². The smallest absolute Gasteiger partial charge is 0.262 e. The summed E-state index contributed by atoms with van der Waals surface area (Å²) in [5, 5.41) is 17.3. The minimum absolute atomic E-state index is 0.0898. The van der Waals surface area contributed by atoms with Crippen LogP contribution in [0.25, 0.3) is 16.6 Å². The van der Waals surface area contributed by atoms with Gasteiger partial charge in [0.25, 0.3) is 11.8 Å². The van der Waals surface area contributed by atoms with E-state index < -0.39 is 29.7 Å². The van der Waals surface area contributed by atoms with E-state index in [1.807, 2.05) is 18.3 Å². The second kappa shape index (κ2) is 11.9. The minimum atomic E-state index is -0.971. The SMILES string of the molecule is N=C/C(=C\NC1CC(CCCNc2ccc3c(c2)C(=O)N(C2CCC(=O)NC2=O)C3=O)C1)c1cnc2c(Cl)cccc2n1. The van der Waals surface area contributed by atoms with Crippen LogP contribution in [0.3, 0.4) is 0 Å². The van der Waals surface area contributed by atoms with Crippen LogP contribution in [-0.2, 0) is 9.59 Å². The summed E-state index contributed by atoms with van der Waals surface area (Å²) in [6, 6.07) is 9.85. The third-order valence-corrected chi connectivity index (χ3v) is 8.55. The summed E-state index contributed by atoms with van der Waals surface area (Å²) >= 11 is 6.19. The van der Waals surface area contributed by atoms with E-state index in [9.17, 15) is 19.2 Å². The number of hydrogen-bond donors (Lipinski definition) is 4. The third-order valence-electron chi connectivity index (χ3n) is 8.24. The van der Waals surface area contributed by atoms with Gasteiger partial charge < -0.3 is 16.0 Å². The maximum absolute atomic E-state index is 13.0. The molecule has 3 heterocycles. The molecule has 3 aromatic rings. The average Bonchev–Trinajstić information content (AvgIpc) is 3.22. The molecular weight excluding hydrogens is 570 g/mol. The monoisotopic (exact) mass is 599 g/mol. The molecule has 3 aliphatic rings. The van der Waals surface area contributed by atoms with Crippen LogP contribution in [0.2, 0.25) is 5.02 Å². The van der Waals surface area contributed by atoms with E-state index in [0.717, 1.165) is 42.8 Å². The fourth-order valence-corrected chi connectivity index (χ4v) is 6.07. The number of amides is 4. The molecule has 1 unspecified atom stereocenters. The lowest BCUT2D eigenvalue weighted by Crippen LogP contribution is -2.54. The average molecular weight is 600 g/mol. The van der Waals surface area contributed by atoms with Crippen LogP contribution in [0.4, 0.5) is 5.69 Å². The Morgan fingerprint density at radius 2 is 1.93 bits per heavy atom. The molecule has 0 spiro atoms. The molecule has 6 rings (SSSR count). The zero-order valence-corrected chi connectivity index (χ0v) is 24.0. The lowest BCUT2D eigenvalue weighted by molar-refractivity contribution is -0.136. The number of aromatic nitrogens is 2. The lowest BCUT2D eigenvalue weighted by Gasteiger charge is -2.36. The molecule has 12 heteroatoms. The highest BCUT2D eigenvalue weighted by molar-refractivity contribution is 6.34. The number of benzene rings is 2. The van der Waals surface area contributed by atoms with Gasteiger partial charge in [0.1, 0.15) is 11.6 Å². The van der Waals surface area contributed by atoms with Crippen molar-refractivity contribution >= 4 is 63.7 Å². The van der Waals surface area contributed by atoms with Gasteiger partial charge in [0.05, 0.1) is 33.6 Å². The fourth-order valence-electron chi connectivity index (χ4n) is 5.85. The van der Waals surface area contributed by atoms with Gasteiger partial charge in [-0.2, -0.15) is 0 Å². The number of imide groups is 2. The minimum Gasteiger partial charge on any atom is -0.388 e. The largest absolute Gasteiger partial charge is 0.388 e. The van der Waals surface area contributed by atoms with E-state index in [2.05, 4.69) is 25.9 Å². The van der Waals surface area contributed by atoms with Crippen molar-refractivity contribution in [1.29, 1.82) is 5.41 Å². The summed E-state index contributed by atoms with van der Waals surface area (Å²) in [5.74, 6) is -1.44. The number of para-hydroxylation sites is 1. The van der Waals surface area contributed by atoms with Gasteiger partial charge in [-0.05, 0) is 68.4 Å². The van der Waals surface area contributed by atoms with E-state index in [-0.39, 0.29) is 24.0 Å². The van der Waals surface area contributed by atoms with Crippen LogP contribution >= 0.6 is 11.6 Å².